The quantitative estimate of drug-likeness (QED) is 0.761. The van der Waals surface area contributed by atoms with E-state index in [9.17, 15) is 5.11 Å². The van der Waals surface area contributed by atoms with E-state index in [1.807, 2.05) is 24.9 Å². The summed E-state index contributed by atoms with van der Waals surface area (Å²) < 4.78 is 6.61. The summed E-state index contributed by atoms with van der Waals surface area (Å²) in [6.45, 7) is 6.47. The molecule has 0 radical (unpaired) electrons. The van der Waals surface area contributed by atoms with Crippen molar-refractivity contribution in [2.24, 2.45) is 11.8 Å². The second-order valence-electron chi connectivity index (χ2n) is 5.88. The summed E-state index contributed by atoms with van der Waals surface area (Å²) in [7, 11) is 1.94. The van der Waals surface area contributed by atoms with Gasteiger partial charge in [-0.2, -0.15) is 0 Å². The predicted molar refractivity (Wildman–Crippen MR) is 95.7 cm³/mol. The molecule has 1 nitrogen and oxygen atoms in total. The molecule has 0 bridgehead atoms. The number of hydrogen-bond donors (Lipinski definition) is 1. The molecule has 3 unspecified atom stereocenters. The first kappa shape index (κ1) is 16.4. The first-order valence-electron chi connectivity index (χ1n) is 8.09. The van der Waals surface area contributed by atoms with Crippen LogP contribution in [-0.4, -0.2) is 13.0 Å². The van der Waals surface area contributed by atoms with Crippen LogP contribution in [0.5, 0.6) is 0 Å². The Labute approximate surface area is 130 Å². The van der Waals surface area contributed by atoms with Crippen LogP contribution in [0.15, 0.2) is 30.3 Å². The summed E-state index contributed by atoms with van der Waals surface area (Å²) in [4.78, 5) is 0. The minimum absolute atomic E-state index is 0.454. The Morgan fingerprint density at radius 1 is 1.40 bits per heavy atom. The number of aliphatic hydroxyl groups is 1. The molecule has 1 fully saturated rings. The van der Waals surface area contributed by atoms with E-state index in [0.29, 0.717) is 0 Å². The lowest BCUT2D eigenvalue weighted by Gasteiger charge is -2.38. The van der Waals surface area contributed by atoms with E-state index < -0.39 is 13.8 Å². The van der Waals surface area contributed by atoms with Crippen LogP contribution in [0.2, 0.25) is 0 Å². The molecule has 2 rings (SSSR count). The lowest BCUT2D eigenvalue weighted by molar-refractivity contribution is -0.0212. The average Bonchev–Trinajstić information content (AvgIpc) is 2.47. The molecule has 114 valence electrons. The molecule has 1 aromatic carbocycles. The van der Waals surface area contributed by atoms with Gasteiger partial charge in [-0.3, -0.25) is 0 Å². The molecule has 1 aliphatic carbocycles. The van der Waals surface area contributed by atoms with Gasteiger partial charge in [-0.1, -0.05) is 50.6 Å². The summed E-state index contributed by atoms with van der Waals surface area (Å²) in [5.41, 5.74) is 0.535. The van der Waals surface area contributed by atoms with E-state index in [1.54, 1.807) is 0 Å². The zero-order chi connectivity index (χ0) is 15.9. The van der Waals surface area contributed by atoms with Gasteiger partial charge in [0.05, 0.1) is 6.88 Å². The molecule has 20 heavy (non-hydrogen) atoms. The third-order valence-electron chi connectivity index (χ3n) is 4.62. The highest BCUT2D eigenvalue weighted by molar-refractivity contribution is 8.02. The number of benzene rings is 1. The van der Waals surface area contributed by atoms with Gasteiger partial charge in [0.15, 0.2) is 0 Å². The van der Waals surface area contributed by atoms with Crippen LogP contribution >= 0.6 is 17.1 Å². The number of hydrogen-bond acceptors (Lipinski definition) is 1. The van der Waals surface area contributed by atoms with Crippen molar-refractivity contribution < 1.29 is 5.11 Å². The molecule has 0 aliphatic heterocycles. The molecule has 1 saturated carbocycles. The fourth-order valence-electron chi connectivity index (χ4n) is 3.06. The first-order valence-corrected chi connectivity index (χ1v) is 10.6. The zero-order valence-corrected chi connectivity index (χ0v) is 15.1. The molecule has 0 saturated heterocycles. The van der Waals surface area contributed by atoms with Gasteiger partial charge in [0.25, 0.3) is 0 Å². The monoisotopic (exact) mass is 314 g/mol. The third-order valence-corrected chi connectivity index (χ3v) is 4.62. The zero-order valence-electron chi connectivity index (χ0n) is 14.0. The average molecular weight is 314 g/mol. The van der Waals surface area contributed by atoms with Gasteiger partial charge in [-0.05, 0) is 49.7 Å². The van der Waals surface area contributed by atoms with Crippen LogP contribution < -0.4 is 0 Å². The van der Waals surface area contributed by atoms with E-state index in [0.717, 1.165) is 30.2 Å². The minimum atomic E-state index is -0.564. The fourth-order valence-corrected chi connectivity index (χ4v) is 3.06. The lowest BCUT2D eigenvalue weighted by atomic mass is 9.71. The highest BCUT2D eigenvalue weighted by atomic mass is 32.0. The summed E-state index contributed by atoms with van der Waals surface area (Å²) in [6.07, 6.45) is 5.44. The normalized spacial score (nSPS) is 29.6. The van der Waals surface area contributed by atoms with Crippen LogP contribution in [0.3, 0.4) is 0 Å². The van der Waals surface area contributed by atoms with Gasteiger partial charge in [0.2, 0.25) is 0 Å². The Bertz CT molecular complexity index is 386. The summed E-state index contributed by atoms with van der Waals surface area (Å²) >= 11 is 0. The van der Waals surface area contributed by atoms with Crippen LogP contribution in [0.1, 0.15) is 51.5 Å². The van der Waals surface area contributed by atoms with Crippen molar-refractivity contribution in [2.75, 3.05) is 6.66 Å². The Balaban J connectivity index is 0.000000491. The molecule has 3 heteroatoms. The van der Waals surface area contributed by atoms with Gasteiger partial charge < -0.3 is 5.11 Å². The van der Waals surface area contributed by atoms with E-state index in [1.165, 1.54) is 19.3 Å². The molecule has 1 aliphatic rings. The molecule has 0 aromatic heterocycles. The van der Waals surface area contributed by atoms with E-state index >= 15 is 0 Å². The van der Waals surface area contributed by atoms with Crippen LogP contribution in [0, 0.1) is 11.8 Å². The standard InChI is InChI=1S/C16H24O.CH6P2/c1-3-13(2)14-9-11-16(17,12-10-14)15-7-5-4-6-8-15;1-3-2/h4-8,13-14,17H,3,9-12H2,1-2H3;3H,2H2,1H3/i;3T. The van der Waals surface area contributed by atoms with Crippen molar-refractivity contribution in [1.82, 2.24) is 0 Å². The Kier molecular flexibility index (Phi) is 7.50. The Morgan fingerprint density at radius 3 is 2.35 bits per heavy atom. The van der Waals surface area contributed by atoms with Crippen molar-refractivity contribution in [3.63, 3.8) is 0 Å². The maximum atomic E-state index is 10.7. The van der Waals surface area contributed by atoms with Crippen molar-refractivity contribution in [2.45, 2.75) is 51.6 Å². The third kappa shape index (κ3) is 5.10. The topological polar surface area (TPSA) is 20.2 Å². The fraction of sp³-hybridized carbons (Fsp3) is 0.647. The summed E-state index contributed by atoms with van der Waals surface area (Å²) in [5, 5.41) is 10.7. The molecule has 1 N–H and O–H groups in total. The van der Waals surface area contributed by atoms with Crippen molar-refractivity contribution >= 4 is 17.1 Å². The SMILES string of the molecule is CCC(C)C1CCC(O)(c2ccccc2)CC1.[3H]P(C)P. The van der Waals surface area contributed by atoms with Crippen LogP contribution in [0.4, 0.5) is 0 Å². The largest absolute Gasteiger partial charge is 0.385 e. The van der Waals surface area contributed by atoms with Crippen molar-refractivity contribution in [1.29, 1.82) is 1.28 Å². The van der Waals surface area contributed by atoms with E-state index in [4.69, 9.17) is 1.28 Å². The van der Waals surface area contributed by atoms with Gasteiger partial charge in [0.1, 0.15) is 0 Å². The van der Waals surface area contributed by atoms with Gasteiger partial charge >= 0.3 is 0 Å². The maximum absolute atomic E-state index is 10.7. The smallest absolute Gasteiger partial charge is 0.0896 e. The second kappa shape index (κ2) is 9.14. The van der Waals surface area contributed by atoms with Gasteiger partial charge in [-0.15, -0.1) is 17.1 Å². The second-order valence-corrected chi connectivity index (χ2v) is 7.94. The summed E-state index contributed by atoms with van der Waals surface area (Å²) in [6, 6.07) is 10.2. The molecule has 0 amide bonds. The minimum Gasteiger partial charge on any atom is -0.385 e. The predicted octanol–water partition coefficient (Wildman–Crippen LogP) is 5.20. The molecule has 0 heterocycles. The van der Waals surface area contributed by atoms with Gasteiger partial charge in [-0.25, -0.2) is 0 Å². The van der Waals surface area contributed by atoms with E-state index in [2.05, 4.69) is 34.9 Å². The van der Waals surface area contributed by atoms with Crippen LogP contribution in [-0.2, 0) is 5.60 Å². The first-order chi connectivity index (χ1) is 9.89. The van der Waals surface area contributed by atoms with E-state index in [-0.39, 0.29) is 0 Å². The number of rotatable bonds is 3. The van der Waals surface area contributed by atoms with Crippen LogP contribution in [0.25, 0.3) is 0 Å². The summed E-state index contributed by atoms with van der Waals surface area (Å²) in [5.74, 6) is 1.61. The molecule has 3 atom stereocenters. The maximum Gasteiger partial charge on any atom is 0.0896 e. The molecular weight excluding hydrogens is 282 g/mol. The molecular formula is C17H30OP2. The highest BCUT2D eigenvalue weighted by Crippen LogP contribution is 2.42. The van der Waals surface area contributed by atoms with Gasteiger partial charge in [0, 0.05) is 0 Å². The highest BCUT2D eigenvalue weighted by Gasteiger charge is 2.35. The lowest BCUT2D eigenvalue weighted by Crippen LogP contribution is -2.33. The van der Waals surface area contributed by atoms with Crippen molar-refractivity contribution in [3.05, 3.63) is 35.9 Å². The molecule has 0 spiro atoms. The Hall–Kier alpha value is 0.0400. The van der Waals surface area contributed by atoms with Crippen molar-refractivity contribution in [3.8, 4) is 0 Å². The molecule has 1 aromatic rings. The Morgan fingerprint density at radius 2 is 1.90 bits per heavy atom.